The van der Waals surface area contributed by atoms with Gasteiger partial charge in [0.15, 0.2) is 5.82 Å². The van der Waals surface area contributed by atoms with Crippen LogP contribution in [0, 0.1) is 0 Å². The molecule has 0 bridgehead atoms. The lowest BCUT2D eigenvalue weighted by atomic mass is 10.3. The first-order valence-electron chi connectivity index (χ1n) is 6.24. The molecule has 0 fully saturated rings. The fourth-order valence-electron chi connectivity index (χ4n) is 1.66. The number of nitrogens with zero attached hydrogens (tertiary/aromatic N) is 3. The molecular formula is C13H16N4O3. The molecule has 0 aliphatic rings. The van der Waals surface area contributed by atoms with Crippen LogP contribution < -0.4 is 10.1 Å². The van der Waals surface area contributed by atoms with E-state index < -0.39 is 5.97 Å². The van der Waals surface area contributed by atoms with E-state index in [4.69, 9.17) is 9.84 Å². The fraction of sp³-hybridized carbons (Fsp3) is 0.308. The van der Waals surface area contributed by atoms with Crippen molar-refractivity contribution in [3.63, 3.8) is 0 Å². The number of hydrogen-bond acceptors (Lipinski definition) is 5. The van der Waals surface area contributed by atoms with Crippen LogP contribution >= 0.6 is 0 Å². The molecule has 0 radical (unpaired) electrons. The van der Waals surface area contributed by atoms with Crippen LogP contribution in [0.15, 0.2) is 24.3 Å². The van der Waals surface area contributed by atoms with Crippen LogP contribution in [0.4, 0.5) is 5.82 Å². The summed E-state index contributed by atoms with van der Waals surface area (Å²) in [6.45, 7) is 2.62. The molecule has 1 heterocycles. The number of aromatic carboxylic acids is 1. The lowest BCUT2D eigenvalue weighted by Gasteiger charge is -2.02. The average Bonchev–Trinajstić information content (AvgIpc) is 2.89. The van der Waals surface area contributed by atoms with Crippen molar-refractivity contribution in [3.05, 3.63) is 30.0 Å². The van der Waals surface area contributed by atoms with E-state index in [9.17, 15) is 4.79 Å². The van der Waals surface area contributed by atoms with Gasteiger partial charge in [0, 0.05) is 12.6 Å². The lowest BCUT2D eigenvalue weighted by Crippen LogP contribution is -2.06. The molecule has 0 spiro atoms. The molecular weight excluding hydrogens is 260 g/mol. The van der Waals surface area contributed by atoms with Crippen LogP contribution in [0.25, 0.3) is 5.69 Å². The van der Waals surface area contributed by atoms with Gasteiger partial charge in [-0.25, -0.2) is 4.79 Å². The van der Waals surface area contributed by atoms with Crippen molar-refractivity contribution >= 4 is 11.8 Å². The van der Waals surface area contributed by atoms with Crippen molar-refractivity contribution in [2.75, 3.05) is 19.0 Å². The van der Waals surface area contributed by atoms with Gasteiger partial charge in [0.25, 0.3) is 0 Å². The zero-order valence-electron chi connectivity index (χ0n) is 11.3. The predicted molar refractivity (Wildman–Crippen MR) is 73.7 cm³/mol. The van der Waals surface area contributed by atoms with Crippen molar-refractivity contribution in [3.8, 4) is 11.4 Å². The molecule has 0 amide bonds. The normalized spacial score (nSPS) is 10.3. The van der Waals surface area contributed by atoms with Gasteiger partial charge in [-0.1, -0.05) is 13.0 Å². The Morgan fingerprint density at radius 3 is 2.90 bits per heavy atom. The summed E-state index contributed by atoms with van der Waals surface area (Å²) < 4.78 is 5.12. The Balaban J connectivity index is 2.38. The molecule has 7 nitrogen and oxygen atoms in total. The molecule has 106 valence electrons. The lowest BCUT2D eigenvalue weighted by molar-refractivity contribution is 0.0691. The van der Waals surface area contributed by atoms with Crippen molar-refractivity contribution in [1.82, 2.24) is 15.0 Å². The highest BCUT2D eigenvalue weighted by Gasteiger charge is 2.18. The van der Waals surface area contributed by atoms with E-state index in [1.807, 2.05) is 6.92 Å². The standard InChI is InChI=1S/C13H16N4O3/c1-3-7-14-12-11(13(18)19)15-17(16-12)9-5-4-6-10(8-9)20-2/h4-6,8H,3,7H2,1-2H3,(H,14,16)(H,18,19). The Hall–Kier alpha value is -2.57. The van der Waals surface area contributed by atoms with E-state index in [2.05, 4.69) is 15.5 Å². The van der Waals surface area contributed by atoms with E-state index in [0.29, 0.717) is 18.0 Å². The van der Waals surface area contributed by atoms with Crippen LogP contribution in [0.2, 0.25) is 0 Å². The molecule has 2 aromatic rings. The number of aromatic nitrogens is 3. The molecule has 7 heteroatoms. The number of carboxylic acid groups (broad SMARTS) is 1. The van der Waals surface area contributed by atoms with Gasteiger partial charge in [0.1, 0.15) is 5.75 Å². The summed E-state index contributed by atoms with van der Waals surface area (Å²) in [5.41, 5.74) is 0.540. The Morgan fingerprint density at radius 1 is 1.45 bits per heavy atom. The van der Waals surface area contributed by atoms with Crippen LogP contribution in [0.1, 0.15) is 23.8 Å². The first kappa shape index (κ1) is 13.9. The van der Waals surface area contributed by atoms with E-state index in [0.717, 1.165) is 6.42 Å². The first-order valence-corrected chi connectivity index (χ1v) is 6.24. The minimum absolute atomic E-state index is 0.0960. The summed E-state index contributed by atoms with van der Waals surface area (Å²) >= 11 is 0. The third kappa shape index (κ3) is 2.87. The molecule has 20 heavy (non-hydrogen) atoms. The maximum absolute atomic E-state index is 11.2. The van der Waals surface area contributed by atoms with Crippen molar-refractivity contribution in [1.29, 1.82) is 0 Å². The van der Waals surface area contributed by atoms with Gasteiger partial charge in [-0.3, -0.25) is 0 Å². The molecule has 0 aliphatic carbocycles. The molecule has 1 aromatic carbocycles. The minimum Gasteiger partial charge on any atom is -0.497 e. The Morgan fingerprint density at radius 2 is 2.25 bits per heavy atom. The smallest absolute Gasteiger partial charge is 0.360 e. The van der Waals surface area contributed by atoms with Gasteiger partial charge in [-0.2, -0.15) is 0 Å². The maximum Gasteiger partial charge on any atom is 0.360 e. The first-order chi connectivity index (χ1) is 9.65. The Kier molecular flexibility index (Phi) is 4.19. The number of benzene rings is 1. The number of rotatable bonds is 6. The van der Waals surface area contributed by atoms with E-state index >= 15 is 0 Å². The van der Waals surface area contributed by atoms with Gasteiger partial charge < -0.3 is 15.2 Å². The number of carboxylic acids is 1. The van der Waals surface area contributed by atoms with Crippen molar-refractivity contribution < 1.29 is 14.6 Å². The molecule has 2 rings (SSSR count). The van der Waals surface area contributed by atoms with Gasteiger partial charge >= 0.3 is 5.97 Å². The third-order valence-corrected chi connectivity index (χ3v) is 2.64. The number of methoxy groups -OCH3 is 1. The molecule has 2 N–H and O–H groups in total. The van der Waals surface area contributed by atoms with Crippen LogP contribution in [0.3, 0.4) is 0 Å². The second-order valence-corrected chi connectivity index (χ2v) is 4.12. The second-order valence-electron chi connectivity index (χ2n) is 4.12. The zero-order valence-corrected chi connectivity index (χ0v) is 11.3. The minimum atomic E-state index is -1.11. The quantitative estimate of drug-likeness (QED) is 0.836. The van der Waals surface area contributed by atoms with Gasteiger partial charge in [0.05, 0.1) is 12.8 Å². The van der Waals surface area contributed by atoms with E-state index in [1.54, 1.807) is 31.4 Å². The highest BCUT2D eigenvalue weighted by molar-refractivity contribution is 5.90. The summed E-state index contributed by atoms with van der Waals surface area (Å²) in [4.78, 5) is 12.5. The summed E-state index contributed by atoms with van der Waals surface area (Å²) in [6, 6.07) is 7.09. The maximum atomic E-state index is 11.2. The largest absolute Gasteiger partial charge is 0.497 e. The van der Waals surface area contributed by atoms with Gasteiger partial charge in [-0.15, -0.1) is 15.0 Å². The monoisotopic (exact) mass is 276 g/mol. The number of nitrogens with one attached hydrogen (secondary N) is 1. The van der Waals surface area contributed by atoms with Gasteiger partial charge in [0.2, 0.25) is 5.69 Å². The van der Waals surface area contributed by atoms with E-state index in [-0.39, 0.29) is 11.5 Å². The van der Waals surface area contributed by atoms with E-state index in [1.165, 1.54) is 4.80 Å². The highest BCUT2D eigenvalue weighted by Crippen LogP contribution is 2.17. The average molecular weight is 276 g/mol. The molecule has 0 saturated heterocycles. The summed E-state index contributed by atoms with van der Waals surface area (Å²) in [7, 11) is 1.56. The van der Waals surface area contributed by atoms with Crippen LogP contribution in [-0.2, 0) is 0 Å². The third-order valence-electron chi connectivity index (χ3n) is 2.64. The van der Waals surface area contributed by atoms with Crippen LogP contribution in [-0.4, -0.2) is 39.7 Å². The number of carbonyl (C=O) groups is 1. The summed E-state index contributed by atoms with van der Waals surface area (Å²) in [5.74, 6) is -0.195. The molecule has 0 saturated carbocycles. The molecule has 0 unspecified atom stereocenters. The molecule has 1 aromatic heterocycles. The zero-order chi connectivity index (χ0) is 14.5. The molecule has 0 aliphatic heterocycles. The number of hydrogen-bond donors (Lipinski definition) is 2. The van der Waals surface area contributed by atoms with Crippen molar-refractivity contribution in [2.45, 2.75) is 13.3 Å². The second kappa shape index (κ2) is 6.05. The topological polar surface area (TPSA) is 89.3 Å². The summed E-state index contributed by atoms with van der Waals surface area (Å²) in [5, 5.41) is 20.3. The predicted octanol–water partition coefficient (Wildman–Crippen LogP) is 1.80. The van der Waals surface area contributed by atoms with Gasteiger partial charge in [-0.05, 0) is 18.6 Å². The fourth-order valence-corrected chi connectivity index (χ4v) is 1.66. The van der Waals surface area contributed by atoms with Crippen LogP contribution in [0.5, 0.6) is 5.75 Å². The Labute approximate surface area is 116 Å². The highest BCUT2D eigenvalue weighted by atomic mass is 16.5. The summed E-state index contributed by atoms with van der Waals surface area (Å²) in [6.07, 6.45) is 0.866. The number of anilines is 1. The SMILES string of the molecule is CCCNc1nn(-c2cccc(OC)c2)nc1C(=O)O. The van der Waals surface area contributed by atoms with Crippen molar-refractivity contribution in [2.24, 2.45) is 0 Å². The number of ether oxygens (including phenoxy) is 1. The molecule has 0 atom stereocenters. The Bertz CT molecular complexity index is 609.